The Morgan fingerprint density at radius 3 is 2.45 bits per heavy atom. The molecule has 1 aliphatic rings. The Bertz CT molecular complexity index is 1420. The van der Waals surface area contributed by atoms with E-state index < -0.39 is 0 Å². The van der Waals surface area contributed by atoms with Crippen LogP contribution in [0.3, 0.4) is 0 Å². The molecule has 1 aromatic heterocycles. The van der Waals surface area contributed by atoms with E-state index in [1.807, 2.05) is 16.8 Å². The number of nitrogens with one attached hydrogen (secondary N) is 1. The van der Waals surface area contributed by atoms with Gasteiger partial charge >= 0.3 is 0 Å². The van der Waals surface area contributed by atoms with Crippen LogP contribution in [0.1, 0.15) is 17.0 Å². The van der Waals surface area contributed by atoms with Gasteiger partial charge in [-0.1, -0.05) is 48.5 Å². The standard InChI is InChI=1S/C25H17N3O/c29-25-22(16-9-11-26-12-10-16)15-28(27-25)14-20-13-19-5-1-3-17-7-8-18-4-2-6-21(20)24(18)23(17)19/h1-14,22H,15H2/p+1/b28-14-/t22-/m1/s1. The first-order chi connectivity index (χ1) is 14.3. The van der Waals surface area contributed by atoms with Crippen molar-refractivity contribution in [3.63, 3.8) is 0 Å². The largest absolute Gasteiger partial charge is 0.288 e. The highest BCUT2D eigenvalue weighted by atomic mass is 16.2. The van der Waals surface area contributed by atoms with Crippen molar-refractivity contribution < 1.29 is 9.48 Å². The SMILES string of the molecule is O=C1N/[N+](=C\c2cc3cccc4ccc5cccc2c5c43)C[C@@H]1c1ccncc1. The van der Waals surface area contributed by atoms with Crippen LogP contribution in [-0.4, -0.2) is 28.3 Å². The van der Waals surface area contributed by atoms with Crippen LogP contribution in [0, 0.1) is 0 Å². The molecule has 138 valence electrons. The maximum absolute atomic E-state index is 12.6. The molecule has 4 aromatic carbocycles. The van der Waals surface area contributed by atoms with Gasteiger partial charge in [-0.15, -0.1) is 10.1 Å². The molecule has 1 aliphatic heterocycles. The van der Waals surface area contributed by atoms with Gasteiger partial charge < -0.3 is 0 Å². The molecular weight excluding hydrogens is 358 g/mol. The van der Waals surface area contributed by atoms with Gasteiger partial charge in [-0.05, 0) is 56.1 Å². The van der Waals surface area contributed by atoms with Crippen LogP contribution in [0.15, 0.2) is 79.1 Å². The van der Waals surface area contributed by atoms with Gasteiger partial charge in [0.15, 0.2) is 6.54 Å². The Morgan fingerprint density at radius 1 is 0.897 bits per heavy atom. The summed E-state index contributed by atoms with van der Waals surface area (Å²) in [5.41, 5.74) is 5.11. The number of carbonyl (C=O) groups is 1. The fourth-order valence-corrected chi connectivity index (χ4v) is 4.55. The normalized spacial score (nSPS) is 18.3. The minimum absolute atomic E-state index is 0.0181. The van der Waals surface area contributed by atoms with E-state index in [0.29, 0.717) is 6.54 Å². The van der Waals surface area contributed by atoms with Crippen LogP contribution in [0.4, 0.5) is 0 Å². The molecule has 4 nitrogen and oxygen atoms in total. The Labute approximate surface area is 167 Å². The predicted molar refractivity (Wildman–Crippen MR) is 116 cm³/mol. The molecule has 0 spiro atoms. The van der Waals surface area contributed by atoms with Crippen LogP contribution in [0.25, 0.3) is 32.3 Å². The van der Waals surface area contributed by atoms with Crippen molar-refractivity contribution in [2.75, 3.05) is 6.54 Å². The van der Waals surface area contributed by atoms with E-state index >= 15 is 0 Å². The second kappa shape index (κ2) is 6.11. The molecule has 0 aliphatic carbocycles. The van der Waals surface area contributed by atoms with Gasteiger partial charge in [-0.2, -0.15) is 0 Å². The summed E-state index contributed by atoms with van der Waals surface area (Å²) in [6, 6.07) is 23.3. The Morgan fingerprint density at radius 2 is 1.62 bits per heavy atom. The van der Waals surface area contributed by atoms with Crippen LogP contribution < -0.4 is 5.43 Å². The van der Waals surface area contributed by atoms with Gasteiger partial charge in [0.05, 0.1) is 0 Å². The molecule has 2 heterocycles. The molecular formula is C25H18N3O+. The summed E-state index contributed by atoms with van der Waals surface area (Å²) in [5.74, 6) is -0.172. The molecule has 0 unspecified atom stereocenters. The fraction of sp³-hybridized carbons (Fsp3) is 0.0800. The quantitative estimate of drug-likeness (QED) is 0.370. The average molecular weight is 376 g/mol. The summed E-state index contributed by atoms with van der Waals surface area (Å²) in [4.78, 5) is 16.6. The summed E-state index contributed by atoms with van der Waals surface area (Å²) in [5, 5.41) is 7.50. The van der Waals surface area contributed by atoms with Crippen LogP contribution in [-0.2, 0) is 4.79 Å². The van der Waals surface area contributed by atoms with Gasteiger partial charge in [0.1, 0.15) is 5.92 Å². The van der Waals surface area contributed by atoms with Crippen molar-refractivity contribution in [2.24, 2.45) is 0 Å². The number of amides is 1. The van der Waals surface area contributed by atoms with Crippen molar-refractivity contribution in [3.05, 3.63) is 90.3 Å². The average Bonchev–Trinajstić information content (AvgIpc) is 3.13. The summed E-state index contributed by atoms with van der Waals surface area (Å²) in [6.07, 6.45) is 5.52. The number of benzene rings is 4. The van der Waals surface area contributed by atoms with Gasteiger partial charge in [-0.25, -0.2) is 0 Å². The molecule has 0 saturated carbocycles. The first-order valence-corrected chi connectivity index (χ1v) is 9.76. The zero-order valence-electron chi connectivity index (χ0n) is 15.7. The number of hydrazine groups is 1. The predicted octanol–water partition coefficient (Wildman–Crippen LogP) is 4.24. The molecule has 0 radical (unpaired) electrons. The molecule has 1 atom stereocenters. The Kier molecular flexibility index (Phi) is 3.41. The molecule has 1 saturated heterocycles. The number of hydrogen-bond donors (Lipinski definition) is 1. The lowest BCUT2D eigenvalue weighted by molar-refractivity contribution is -0.554. The number of aromatic nitrogens is 1. The third-order valence-corrected chi connectivity index (χ3v) is 5.89. The highest BCUT2D eigenvalue weighted by Crippen LogP contribution is 2.36. The molecule has 1 N–H and O–H groups in total. The monoisotopic (exact) mass is 376 g/mol. The van der Waals surface area contributed by atoms with Crippen LogP contribution in [0.2, 0.25) is 0 Å². The first kappa shape index (κ1) is 16.2. The number of pyridine rings is 1. The van der Waals surface area contributed by atoms with Gasteiger partial charge in [0.25, 0.3) is 5.91 Å². The van der Waals surface area contributed by atoms with E-state index in [0.717, 1.165) is 11.1 Å². The van der Waals surface area contributed by atoms with E-state index in [1.165, 1.54) is 32.3 Å². The molecule has 0 bridgehead atoms. The van der Waals surface area contributed by atoms with E-state index in [-0.39, 0.29) is 11.8 Å². The van der Waals surface area contributed by atoms with E-state index in [4.69, 9.17) is 0 Å². The van der Waals surface area contributed by atoms with Crippen LogP contribution in [0.5, 0.6) is 0 Å². The minimum Gasteiger partial charge on any atom is -0.268 e. The summed E-state index contributed by atoms with van der Waals surface area (Å²) in [6.45, 7) is 0.599. The van der Waals surface area contributed by atoms with Gasteiger partial charge in [0, 0.05) is 18.0 Å². The van der Waals surface area contributed by atoms with Crippen molar-refractivity contribution in [3.8, 4) is 0 Å². The number of hydrazone groups is 1. The first-order valence-electron chi connectivity index (χ1n) is 9.76. The Hall–Kier alpha value is -3.79. The lowest BCUT2D eigenvalue weighted by Crippen LogP contribution is -2.25. The maximum Gasteiger partial charge on any atom is 0.288 e. The zero-order valence-corrected chi connectivity index (χ0v) is 15.7. The van der Waals surface area contributed by atoms with Crippen molar-refractivity contribution in [2.45, 2.75) is 5.92 Å². The smallest absolute Gasteiger partial charge is 0.268 e. The molecule has 6 rings (SSSR count). The maximum atomic E-state index is 12.6. The molecule has 1 fully saturated rings. The number of nitrogens with zero attached hydrogens (tertiary/aromatic N) is 2. The van der Waals surface area contributed by atoms with Crippen molar-refractivity contribution >= 4 is 44.4 Å². The van der Waals surface area contributed by atoms with E-state index in [1.54, 1.807) is 12.4 Å². The molecule has 1 amide bonds. The van der Waals surface area contributed by atoms with Gasteiger partial charge in [-0.3, -0.25) is 9.78 Å². The second-order valence-electron chi connectivity index (χ2n) is 7.60. The van der Waals surface area contributed by atoms with Crippen molar-refractivity contribution in [1.29, 1.82) is 0 Å². The third-order valence-electron chi connectivity index (χ3n) is 5.89. The lowest BCUT2D eigenvalue weighted by atomic mass is 9.91. The molecule has 5 aromatic rings. The topological polar surface area (TPSA) is 45.0 Å². The summed E-state index contributed by atoms with van der Waals surface area (Å²) in [7, 11) is 0. The minimum atomic E-state index is -0.190. The van der Waals surface area contributed by atoms with Crippen LogP contribution >= 0.6 is 0 Å². The molecule has 29 heavy (non-hydrogen) atoms. The number of rotatable bonds is 2. The number of carbonyl (C=O) groups excluding carboxylic acids is 1. The van der Waals surface area contributed by atoms with E-state index in [9.17, 15) is 4.79 Å². The van der Waals surface area contributed by atoms with Crippen molar-refractivity contribution in [1.82, 2.24) is 10.4 Å². The highest BCUT2D eigenvalue weighted by molar-refractivity contribution is 6.25. The highest BCUT2D eigenvalue weighted by Gasteiger charge is 2.35. The lowest BCUT2D eigenvalue weighted by Gasteiger charge is -2.12. The summed E-state index contributed by atoms with van der Waals surface area (Å²) < 4.78 is 1.91. The third kappa shape index (κ3) is 2.49. The Balaban J connectivity index is 1.52. The fourth-order valence-electron chi connectivity index (χ4n) is 4.55. The second-order valence-corrected chi connectivity index (χ2v) is 7.60. The number of hydrogen-bond acceptors (Lipinski definition) is 2. The van der Waals surface area contributed by atoms with E-state index in [2.05, 4.69) is 71.2 Å². The molecule has 4 heteroatoms. The van der Waals surface area contributed by atoms with Gasteiger partial charge in [0.2, 0.25) is 6.21 Å². The zero-order chi connectivity index (χ0) is 19.4. The summed E-state index contributed by atoms with van der Waals surface area (Å²) >= 11 is 0.